The summed E-state index contributed by atoms with van der Waals surface area (Å²) in [7, 11) is 0. The number of halogens is 1. The predicted molar refractivity (Wildman–Crippen MR) is 45.4 cm³/mol. The second-order valence-electron chi connectivity index (χ2n) is 2.51. The van der Waals surface area contributed by atoms with E-state index in [0.29, 0.717) is 16.6 Å². The lowest BCUT2D eigenvalue weighted by atomic mass is 10.5. The van der Waals surface area contributed by atoms with Crippen molar-refractivity contribution in [2.75, 3.05) is 0 Å². The SMILES string of the molecule is Clc1nnc2c3[nH]cnc3ncn12. The molecule has 7 heteroatoms. The second kappa shape index (κ2) is 2.17. The van der Waals surface area contributed by atoms with Gasteiger partial charge in [0.15, 0.2) is 11.3 Å². The Labute approximate surface area is 76.6 Å². The molecule has 0 amide bonds. The third-order valence-electron chi connectivity index (χ3n) is 1.79. The summed E-state index contributed by atoms with van der Waals surface area (Å²) in [6.07, 6.45) is 3.10. The number of aromatic amines is 1. The summed E-state index contributed by atoms with van der Waals surface area (Å²) in [4.78, 5) is 11.0. The average Bonchev–Trinajstić information content (AvgIpc) is 2.70. The molecule has 6 nitrogen and oxygen atoms in total. The van der Waals surface area contributed by atoms with Crippen LogP contribution in [0.1, 0.15) is 0 Å². The van der Waals surface area contributed by atoms with Gasteiger partial charge in [0.1, 0.15) is 11.8 Å². The van der Waals surface area contributed by atoms with Gasteiger partial charge in [0.2, 0.25) is 5.28 Å². The maximum absolute atomic E-state index is 5.76. The van der Waals surface area contributed by atoms with Crippen molar-refractivity contribution >= 4 is 28.4 Å². The Kier molecular flexibility index (Phi) is 1.13. The molecule has 0 aliphatic heterocycles. The summed E-state index contributed by atoms with van der Waals surface area (Å²) in [5, 5.41) is 7.90. The van der Waals surface area contributed by atoms with Crippen LogP contribution in [0.4, 0.5) is 0 Å². The van der Waals surface area contributed by atoms with E-state index in [-0.39, 0.29) is 0 Å². The lowest BCUT2D eigenvalue weighted by Gasteiger charge is -1.91. The molecule has 0 fully saturated rings. The van der Waals surface area contributed by atoms with Gasteiger partial charge in [-0.2, -0.15) is 0 Å². The van der Waals surface area contributed by atoms with Crippen LogP contribution in [0, 0.1) is 0 Å². The Morgan fingerprint density at radius 3 is 3.15 bits per heavy atom. The smallest absolute Gasteiger partial charge is 0.230 e. The Bertz CT molecular complexity index is 581. The summed E-state index contributed by atoms with van der Waals surface area (Å²) in [5.74, 6) is 0. The average molecular weight is 195 g/mol. The van der Waals surface area contributed by atoms with Crippen LogP contribution in [0.25, 0.3) is 16.8 Å². The van der Waals surface area contributed by atoms with E-state index < -0.39 is 0 Å². The zero-order valence-electron chi connectivity index (χ0n) is 6.27. The number of hydrogen-bond acceptors (Lipinski definition) is 4. The summed E-state index contributed by atoms with van der Waals surface area (Å²) in [5.41, 5.74) is 1.98. The van der Waals surface area contributed by atoms with Crippen LogP contribution >= 0.6 is 11.6 Å². The number of rotatable bonds is 0. The maximum atomic E-state index is 5.76. The first-order valence-electron chi connectivity index (χ1n) is 3.54. The van der Waals surface area contributed by atoms with Crippen LogP contribution in [-0.4, -0.2) is 29.5 Å². The molecule has 0 saturated heterocycles. The minimum Gasteiger partial charge on any atom is -0.340 e. The van der Waals surface area contributed by atoms with Crippen molar-refractivity contribution in [1.29, 1.82) is 0 Å². The van der Waals surface area contributed by atoms with E-state index in [1.54, 1.807) is 17.1 Å². The number of H-pyrrole nitrogens is 1. The van der Waals surface area contributed by atoms with E-state index in [4.69, 9.17) is 11.6 Å². The first kappa shape index (κ1) is 6.79. The number of nitrogens with one attached hydrogen (secondary N) is 1. The Balaban J connectivity index is 2.66. The van der Waals surface area contributed by atoms with Gasteiger partial charge in [0, 0.05) is 0 Å². The maximum Gasteiger partial charge on any atom is 0.230 e. The molecule has 0 bridgehead atoms. The molecular weight excluding hydrogens is 192 g/mol. The van der Waals surface area contributed by atoms with Gasteiger partial charge in [-0.3, -0.25) is 4.40 Å². The van der Waals surface area contributed by atoms with Crippen LogP contribution in [0.3, 0.4) is 0 Å². The minimum atomic E-state index is 0.291. The van der Waals surface area contributed by atoms with Crippen LogP contribution in [0.2, 0.25) is 5.28 Å². The molecule has 0 radical (unpaired) electrons. The van der Waals surface area contributed by atoms with E-state index in [1.165, 1.54) is 0 Å². The first-order chi connectivity index (χ1) is 6.36. The summed E-state index contributed by atoms with van der Waals surface area (Å²) >= 11 is 5.76. The monoisotopic (exact) mass is 194 g/mol. The third-order valence-corrected chi connectivity index (χ3v) is 2.05. The zero-order valence-corrected chi connectivity index (χ0v) is 7.02. The highest BCUT2D eigenvalue weighted by atomic mass is 35.5. The van der Waals surface area contributed by atoms with Gasteiger partial charge in [-0.15, -0.1) is 10.2 Å². The summed E-state index contributed by atoms with van der Waals surface area (Å²) < 4.78 is 1.59. The van der Waals surface area contributed by atoms with Gasteiger partial charge in [-0.25, -0.2) is 9.97 Å². The molecule has 0 aliphatic carbocycles. The van der Waals surface area contributed by atoms with E-state index in [2.05, 4.69) is 25.1 Å². The molecule has 0 aliphatic rings. The number of imidazole rings is 1. The molecule has 3 heterocycles. The van der Waals surface area contributed by atoms with E-state index in [0.717, 1.165) is 5.52 Å². The minimum absolute atomic E-state index is 0.291. The number of nitrogens with zero attached hydrogens (tertiary/aromatic N) is 5. The lowest BCUT2D eigenvalue weighted by Crippen LogP contribution is -1.88. The van der Waals surface area contributed by atoms with Crippen LogP contribution < -0.4 is 0 Å². The standard InChI is InChI=1S/C6H3ClN6/c7-6-12-11-5-3-4(9-1-8-3)10-2-13(5)6/h1-2H,(H,8,9). The Hall–Kier alpha value is -1.69. The Morgan fingerprint density at radius 2 is 2.23 bits per heavy atom. The van der Waals surface area contributed by atoms with Crippen LogP contribution in [0.5, 0.6) is 0 Å². The van der Waals surface area contributed by atoms with Crippen molar-refractivity contribution in [1.82, 2.24) is 29.5 Å². The molecule has 3 aromatic heterocycles. The number of hydrogen-bond donors (Lipinski definition) is 1. The summed E-state index contributed by atoms with van der Waals surface area (Å²) in [6.45, 7) is 0. The van der Waals surface area contributed by atoms with E-state index in [9.17, 15) is 0 Å². The van der Waals surface area contributed by atoms with Crippen molar-refractivity contribution in [2.24, 2.45) is 0 Å². The fourth-order valence-corrected chi connectivity index (χ4v) is 1.37. The fourth-order valence-electron chi connectivity index (χ4n) is 1.21. The second-order valence-corrected chi connectivity index (χ2v) is 2.85. The van der Waals surface area contributed by atoms with Gasteiger partial charge in [-0.05, 0) is 11.6 Å². The van der Waals surface area contributed by atoms with Crippen molar-refractivity contribution < 1.29 is 0 Å². The van der Waals surface area contributed by atoms with Gasteiger partial charge in [0.25, 0.3) is 0 Å². The Morgan fingerprint density at radius 1 is 1.31 bits per heavy atom. The largest absolute Gasteiger partial charge is 0.340 e. The molecule has 3 rings (SSSR count). The van der Waals surface area contributed by atoms with Crippen molar-refractivity contribution in [3.05, 3.63) is 17.9 Å². The normalized spacial score (nSPS) is 11.5. The van der Waals surface area contributed by atoms with Gasteiger partial charge in [0.05, 0.1) is 6.33 Å². The molecule has 0 unspecified atom stereocenters. The number of fused-ring (bicyclic) bond motifs is 3. The van der Waals surface area contributed by atoms with E-state index >= 15 is 0 Å². The van der Waals surface area contributed by atoms with Crippen LogP contribution in [0.15, 0.2) is 12.7 Å². The molecular formula is C6H3ClN6. The van der Waals surface area contributed by atoms with Crippen molar-refractivity contribution in [3.8, 4) is 0 Å². The zero-order chi connectivity index (χ0) is 8.84. The quantitative estimate of drug-likeness (QED) is 0.571. The molecule has 1 N–H and O–H groups in total. The molecule has 64 valence electrons. The highest BCUT2D eigenvalue weighted by Gasteiger charge is 2.08. The molecule has 13 heavy (non-hydrogen) atoms. The fraction of sp³-hybridized carbons (Fsp3) is 0. The van der Waals surface area contributed by atoms with E-state index in [1.807, 2.05) is 0 Å². The molecule has 0 atom stereocenters. The van der Waals surface area contributed by atoms with Gasteiger partial charge >= 0.3 is 0 Å². The molecule has 0 spiro atoms. The van der Waals surface area contributed by atoms with Crippen molar-refractivity contribution in [3.63, 3.8) is 0 Å². The third kappa shape index (κ3) is 0.775. The van der Waals surface area contributed by atoms with Gasteiger partial charge in [-0.1, -0.05) is 0 Å². The number of aromatic nitrogens is 6. The van der Waals surface area contributed by atoms with Crippen LogP contribution in [-0.2, 0) is 0 Å². The highest BCUT2D eigenvalue weighted by Crippen LogP contribution is 2.14. The molecule has 0 saturated carbocycles. The highest BCUT2D eigenvalue weighted by molar-refractivity contribution is 6.28. The first-order valence-corrected chi connectivity index (χ1v) is 3.92. The predicted octanol–water partition coefficient (Wildman–Crippen LogP) is 0.654. The lowest BCUT2D eigenvalue weighted by molar-refractivity contribution is 1.08. The summed E-state index contributed by atoms with van der Waals surface area (Å²) in [6, 6.07) is 0. The topological polar surface area (TPSA) is 71.8 Å². The van der Waals surface area contributed by atoms with Crippen molar-refractivity contribution in [2.45, 2.75) is 0 Å². The molecule has 0 aromatic carbocycles. The van der Waals surface area contributed by atoms with Gasteiger partial charge < -0.3 is 4.98 Å². The molecule has 3 aromatic rings.